The molecule has 1 aliphatic rings. The van der Waals surface area contributed by atoms with Crippen LogP contribution in [0.15, 0.2) is 0 Å². The van der Waals surface area contributed by atoms with E-state index in [1.54, 1.807) is 7.11 Å². The Labute approximate surface area is 117 Å². The van der Waals surface area contributed by atoms with Gasteiger partial charge in [-0.05, 0) is 44.4 Å². The molecular weight excluding hydrogens is 240 g/mol. The van der Waals surface area contributed by atoms with Crippen molar-refractivity contribution in [3.63, 3.8) is 0 Å². The van der Waals surface area contributed by atoms with Gasteiger partial charge in [0, 0.05) is 32.2 Å². The standard InChI is InChI=1S/C15H30N2O2/c1-12(13-7-6-8-14(16)11-13)15(18)17-9-4-3-5-10-19-2/h12-14H,3-11,16H2,1-2H3,(H,17,18). The third kappa shape index (κ3) is 6.39. The summed E-state index contributed by atoms with van der Waals surface area (Å²) in [6.07, 6.45) is 7.64. The maximum absolute atomic E-state index is 12.1. The average molecular weight is 270 g/mol. The van der Waals surface area contributed by atoms with Crippen LogP contribution >= 0.6 is 0 Å². The lowest BCUT2D eigenvalue weighted by molar-refractivity contribution is -0.126. The molecule has 1 aliphatic carbocycles. The highest BCUT2D eigenvalue weighted by molar-refractivity contribution is 5.78. The van der Waals surface area contributed by atoms with E-state index < -0.39 is 0 Å². The van der Waals surface area contributed by atoms with Crippen molar-refractivity contribution >= 4 is 5.91 Å². The zero-order chi connectivity index (χ0) is 14.1. The Balaban J connectivity index is 2.14. The Hall–Kier alpha value is -0.610. The summed E-state index contributed by atoms with van der Waals surface area (Å²) in [7, 11) is 1.72. The van der Waals surface area contributed by atoms with Gasteiger partial charge in [-0.3, -0.25) is 4.79 Å². The van der Waals surface area contributed by atoms with E-state index in [2.05, 4.69) is 5.32 Å². The fourth-order valence-corrected chi connectivity index (χ4v) is 2.86. The van der Waals surface area contributed by atoms with Crippen LogP contribution in [-0.2, 0) is 9.53 Å². The molecule has 0 heterocycles. The van der Waals surface area contributed by atoms with Gasteiger partial charge in [-0.15, -0.1) is 0 Å². The predicted molar refractivity (Wildman–Crippen MR) is 77.8 cm³/mol. The van der Waals surface area contributed by atoms with Gasteiger partial charge in [0.15, 0.2) is 0 Å². The largest absolute Gasteiger partial charge is 0.385 e. The van der Waals surface area contributed by atoms with Crippen LogP contribution in [0.25, 0.3) is 0 Å². The van der Waals surface area contributed by atoms with Crippen molar-refractivity contribution in [1.29, 1.82) is 0 Å². The van der Waals surface area contributed by atoms with E-state index in [1.165, 1.54) is 6.42 Å². The molecule has 3 unspecified atom stereocenters. The molecule has 0 aromatic heterocycles. The highest BCUT2D eigenvalue weighted by atomic mass is 16.5. The fourth-order valence-electron chi connectivity index (χ4n) is 2.86. The SMILES string of the molecule is COCCCCCNC(=O)C(C)C1CCCC(N)C1. The summed E-state index contributed by atoms with van der Waals surface area (Å²) >= 11 is 0. The minimum absolute atomic E-state index is 0.102. The van der Waals surface area contributed by atoms with Gasteiger partial charge in [-0.1, -0.05) is 13.3 Å². The number of nitrogens with two attached hydrogens (primary N) is 1. The van der Waals surface area contributed by atoms with Crippen molar-refractivity contribution in [3.05, 3.63) is 0 Å². The molecule has 0 aromatic carbocycles. The molecule has 4 heteroatoms. The van der Waals surface area contributed by atoms with Crippen LogP contribution in [0, 0.1) is 11.8 Å². The number of hydrogen-bond acceptors (Lipinski definition) is 3. The maximum Gasteiger partial charge on any atom is 0.223 e. The van der Waals surface area contributed by atoms with Gasteiger partial charge in [0.05, 0.1) is 0 Å². The lowest BCUT2D eigenvalue weighted by atomic mass is 9.78. The van der Waals surface area contributed by atoms with E-state index in [1.807, 2.05) is 6.92 Å². The van der Waals surface area contributed by atoms with Crippen LogP contribution < -0.4 is 11.1 Å². The van der Waals surface area contributed by atoms with E-state index in [0.29, 0.717) is 12.0 Å². The summed E-state index contributed by atoms with van der Waals surface area (Å²) in [5.41, 5.74) is 5.99. The topological polar surface area (TPSA) is 64.3 Å². The third-order valence-corrected chi connectivity index (χ3v) is 4.20. The number of unbranched alkanes of at least 4 members (excludes halogenated alkanes) is 2. The van der Waals surface area contributed by atoms with E-state index in [9.17, 15) is 4.79 Å². The second-order valence-electron chi connectivity index (χ2n) is 5.82. The molecule has 19 heavy (non-hydrogen) atoms. The molecule has 112 valence electrons. The molecule has 4 nitrogen and oxygen atoms in total. The smallest absolute Gasteiger partial charge is 0.223 e. The summed E-state index contributed by atoms with van der Waals surface area (Å²) in [5.74, 6) is 0.772. The van der Waals surface area contributed by atoms with E-state index in [4.69, 9.17) is 10.5 Å². The molecule has 0 bridgehead atoms. The van der Waals surface area contributed by atoms with Crippen molar-refractivity contribution in [3.8, 4) is 0 Å². The molecule has 0 spiro atoms. The van der Waals surface area contributed by atoms with Crippen molar-refractivity contribution < 1.29 is 9.53 Å². The Morgan fingerprint density at radius 2 is 2.16 bits per heavy atom. The van der Waals surface area contributed by atoms with Gasteiger partial charge in [0.25, 0.3) is 0 Å². The average Bonchev–Trinajstić information content (AvgIpc) is 2.41. The zero-order valence-corrected chi connectivity index (χ0v) is 12.5. The summed E-state index contributed by atoms with van der Waals surface area (Å²) in [4.78, 5) is 12.1. The number of amides is 1. The molecule has 1 rings (SSSR count). The molecule has 0 radical (unpaired) electrons. The van der Waals surface area contributed by atoms with E-state index in [0.717, 1.165) is 51.7 Å². The van der Waals surface area contributed by atoms with Crippen LogP contribution in [0.2, 0.25) is 0 Å². The summed E-state index contributed by atoms with van der Waals surface area (Å²) in [6.45, 7) is 3.64. The number of carbonyl (C=O) groups is 1. The first kappa shape index (κ1) is 16.4. The van der Waals surface area contributed by atoms with Crippen LogP contribution in [0.3, 0.4) is 0 Å². The molecule has 0 aliphatic heterocycles. The van der Waals surface area contributed by atoms with E-state index >= 15 is 0 Å². The minimum atomic E-state index is 0.102. The molecule has 1 fully saturated rings. The van der Waals surface area contributed by atoms with Gasteiger partial charge in [0.2, 0.25) is 5.91 Å². The first-order valence-electron chi connectivity index (χ1n) is 7.67. The van der Waals surface area contributed by atoms with Crippen LogP contribution in [0.1, 0.15) is 51.9 Å². The monoisotopic (exact) mass is 270 g/mol. The molecule has 0 aromatic rings. The molecule has 0 saturated heterocycles. The lowest BCUT2D eigenvalue weighted by Gasteiger charge is -2.30. The Kier molecular flexibility index (Phi) is 8.07. The normalized spacial score (nSPS) is 25.0. The Morgan fingerprint density at radius 3 is 2.84 bits per heavy atom. The molecule has 3 atom stereocenters. The van der Waals surface area contributed by atoms with Crippen LogP contribution in [0.4, 0.5) is 0 Å². The Bertz CT molecular complexity index is 259. The summed E-state index contributed by atoms with van der Waals surface area (Å²) < 4.78 is 5.00. The fraction of sp³-hybridized carbons (Fsp3) is 0.933. The van der Waals surface area contributed by atoms with Crippen LogP contribution in [0.5, 0.6) is 0 Å². The van der Waals surface area contributed by atoms with Crippen molar-refractivity contribution in [2.24, 2.45) is 17.6 Å². The van der Waals surface area contributed by atoms with Crippen LogP contribution in [-0.4, -0.2) is 32.2 Å². The molecular formula is C15H30N2O2. The predicted octanol–water partition coefficient (Wildman–Crippen LogP) is 2.07. The number of nitrogens with one attached hydrogen (secondary N) is 1. The van der Waals surface area contributed by atoms with Gasteiger partial charge in [-0.2, -0.15) is 0 Å². The number of carbonyl (C=O) groups excluding carboxylic acids is 1. The number of hydrogen-bond donors (Lipinski definition) is 2. The van der Waals surface area contributed by atoms with Crippen molar-refractivity contribution in [2.75, 3.05) is 20.3 Å². The summed E-state index contributed by atoms with van der Waals surface area (Å²) in [5, 5.41) is 3.05. The summed E-state index contributed by atoms with van der Waals surface area (Å²) in [6, 6.07) is 0.294. The second-order valence-corrected chi connectivity index (χ2v) is 5.82. The quantitative estimate of drug-likeness (QED) is 0.664. The zero-order valence-electron chi connectivity index (χ0n) is 12.5. The molecule has 3 N–H and O–H groups in total. The van der Waals surface area contributed by atoms with Gasteiger partial charge in [0.1, 0.15) is 0 Å². The number of methoxy groups -OCH3 is 1. The highest BCUT2D eigenvalue weighted by Crippen LogP contribution is 2.29. The van der Waals surface area contributed by atoms with Crippen molar-refractivity contribution in [1.82, 2.24) is 5.32 Å². The first-order valence-corrected chi connectivity index (χ1v) is 7.67. The third-order valence-electron chi connectivity index (χ3n) is 4.20. The second kappa shape index (κ2) is 9.32. The maximum atomic E-state index is 12.1. The number of rotatable bonds is 8. The van der Waals surface area contributed by atoms with Crippen molar-refractivity contribution in [2.45, 2.75) is 57.9 Å². The van der Waals surface area contributed by atoms with E-state index in [-0.39, 0.29) is 11.8 Å². The van der Waals surface area contributed by atoms with Gasteiger partial charge in [-0.25, -0.2) is 0 Å². The number of ether oxygens (including phenoxy) is 1. The highest BCUT2D eigenvalue weighted by Gasteiger charge is 2.28. The van der Waals surface area contributed by atoms with Gasteiger partial charge >= 0.3 is 0 Å². The first-order chi connectivity index (χ1) is 9.15. The Morgan fingerprint density at radius 1 is 1.37 bits per heavy atom. The minimum Gasteiger partial charge on any atom is -0.385 e. The lowest BCUT2D eigenvalue weighted by Crippen LogP contribution is -2.38. The van der Waals surface area contributed by atoms with Gasteiger partial charge < -0.3 is 15.8 Å². The molecule has 1 saturated carbocycles. The molecule has 1 amide bonds.